The van der Waals surface area contributed by atoms with Crippen LogP contribution in [0.4, 0.5) is 0 Å². The average molecular weight is 378 g/mol. The first-order chi connectivity index (χ1) is 12.0. The van der Waals surface area contributed by atoms with Crippen molar-refractivity contribution >= 4 is 13.7 Å². The smallest absolute Gasteiger partial charge is 0.295 e. The Labute approximate surface area is 156 Å². The second-order valence-electron chi connectivity index (χ2n) is 7.44. The van der Waals surface area contributed by atoms with Crippen LogP contribution in [0.15, 0.2) is 0 Å². The Balaban J connectivity index is 3.13. The maximum atomic E-state index is 11.4. The van der Waals surface area contributed by atoms with E-state index in [1.54, 1.807) is 0 Å². The number of hydrogen-bond acceptors (Lipinski definition) is 4. The minimum Gasteiger partial charge on any atom is -0.295 e. The van der Waals surface area contributed by atoms with Gasteiger partial charge in [-0.1, -0.05) is 103 Å². The lowest BCUT2D eigenvalue weighted by Crippen LogP contribution is -2.08. The first kappa shape index (κ1) is 25.0. The predicted octanol–water partition coefficient (Wildman–Crippen LogP) is 5.95. The van der Waals surface area contributed by atoms with E-state index in [1.165, 1.54) is 83.5 Å². The minimum absolute atomic E-state index is 0.244. The summed E-state index contributed by atoms with van der Waals surface area (Å²) in [7, 11) is -3.91. The molecule has 0 aliphatic carbocycles. The summed E-state index contributed by atoms with van der Waals surface area (Å²) in [5.74, 6) is -0.244. The lowest BCUT2D eigenvalue weighted by Gasteiger charge is -2.04. The molecule has 0 fully saturated rings. The van der Waals surface area contributed by atoms with E-state index in [1.807, 2.05) is 0 Å². The third kappa shape index (κ3) is 21.9. The molecule has 0 aromatic carbocycles. The number of unbranched alkanes of at least 4 members (excludes halogenated alkanes) is 15. The maximum Gasteiger partial charge on any atom is 0.411 e. The van der Waals surface area contributed by atoms with Crippen LogP contribution in [0.1, 0.15) is 116 Å². The average Bonchev–Trinajstić information content (AvgIpc) is 2.53. The predicted molar refractivity (Wildman–Crippen MR) is 108 cm³/mol. The van der Waals surface area contributed by atoms with E-state index in [0.29, 0.717) is 6.42 Å². The lowest BCUT2D eigenvalue weighted by molar-refractivity contribution is -0.117. The van der Waals surface area contributed by atoms with Gasteiger partial charge in [0, 0.05) is 6.42 Å². The van der Waals surface area contributed by atoms with Gasteiger partial charge in [-0.3, -0.25) is 4.79 Å². The normalized spacial score (nSPS) is 11.8. The molecular weight excluding hydrogens is 335 g/mol. The maximum absolute atomic E-state index is 11.4. The minimum atomic E-state index is -3.91. The second-order valence-corrected chi connectivity index (χ2v) is 9.14. The zero-order valence-corrected chi connectivity index (χ0v) is 17.3. The van der Waals surface area contributed by atoms with Gasteiger partial charge >= 0.3 is 7.94 Å². The molecule has 0 radical (unpaired) electrons. The number of Topliss-reactive ketones (excluding diaryl/α,β-unsaturated/α-hetero) is 1. The van der Waals surface area contributed by atoms with Gasteiger partial charge in [0.25, 0.3) is 0 Å². The number of hydrogen-bond donors (Lipinski definition) is 3. The van der Waals surface area contributed by atoms with Crippen molar-refractivity contribution in [3.8, 4) is 0 Å². The first-order valence-electron chi connectivity index (χ1n) is 10.5. The summed E-state index contributed by atoms with van der Waals surface area (Å²) in [5.41, 5.74) is 0. The summed E-state index contributed by atoms with van der Waals surface area (Å²) in [6.45, 7) is 2.26. The van der Waals surface area contributed by atoms with E-state index in [-0.39, 0.29) is 5.78 Å². The Hall–Kier alpha value is -0.0200. The van der Waals surface area contributed by atoms with Crippen LogP contribution >= 0.6 is 7.94 Å². The summed E-state index contributed by atoms with van der Waals surface area (Å²) in [4.78, 5) is 37.8. The standard InChI is InChI=1S/C20H42O4P/c1-2-3-4-5-6-7-8-9-10-11-12-13-14-15-16-17-18-20(21)19-25(22,23)24/h22-24H,2-19H2,1H3/q+1. The Kier molecular flexibility index (Phi) is 17.4. The van der Waals surface area contributed by atoms with Crippen LogP contribution in [-0.2, 0) is 4.79 Å². The van der Waals surface area contributed by atoms with Crippen molar-refractivity contribution in [1.82, 2.24) is 0 Å². The van der Waals surface area contributed by atoms with E-state index in [9.17, 15) is 4.79 Å². The fourth-order valence-corrected chi connectivity index (χ4v) is 3.82. The van der Waals surface area contributed by atoms with Crippen LogP contribution in [0.25, 0.3) is 0 Å². The Morgan fingerprint density at radius 3 is 1.24 bits per heavy atom. The molecule has 5 heteroatoms. The zero-order valence-electron chi connectivity index (χ0n) is 16.4. The molecule has 0 bridgehead atoms. The van der Waals surface area contributed by atoms with Gasteiger partial charge in [0.1, 0.15) is 0 Å². The summed E-state index contributed by atoms with van der Waals surface area (Å²) in [5, 5.41) is 0. The molecule has 0 amide bonds. The van der Waals surface area contributed by atoms with Crippen LogP contribution in [-0.4, -0.2) is 26.6 Å². The van der Waals surface area contributed by atoms with Gasteiger partial charge in [-0.2, -0.15) is 14.7 Å². The molecule has 0 spiro atoms. The molecule has 3 N–H and O–H groups in total. The van der Waals surface area contributed by atoms with Gasteiger partial charge in [0.05, 0.1) is 0 Å². The van der Waals surface area contributed by atoms with Crippen LogP contribution in [0.5, 0.6) is 0 Å². The van der Waals surface area contributed by atoms with Crippen molar-refractivity contribution < 1.29 is 19.5 Å². The monoisotopic (exact) mass is 377 g/mol. The van der Waals surface area contributed by atoms with E-state index in [0.717, 1.165) is 19.3 Å². The van der Waals surface area contributed by atoms with E-state index < -0.39 is 14.1 Å². The van der Waals surface area contributed by atoms with Gasteiger partial charge in [0.2, 0.25) is 0 Å². The van der Waals surface area contributed by atoms with E-state index in [4.69, 9.17) is 14.7 Å². The first-order valence-corrected chi connectivity index (χ1v) is 12.4. The fraction of sp³-hybridized carbons (Fsp3) is 0.950. The van der Waals surface area contributed by atoms with Gasteiger partial charge in [-0.15, -0.1) is 0 Å². The molecule has 0 aromatic heterocycles. The zero-order chi connectivity index (χ0) is 18.8. The van der Waals surface area contributed by atoms with Gasteiger partial charge < -0.3 is 0 Å². The lowest BCUT2D eigenvalue weighted by atomic mass is 10.0. The Morgan fingerprint density at radius 2 is 0.920 bits per heavy atom. The molecule has 0 aliphatic heterocycles. The third-order valence-electron chi connectivity index (χ3n) is 4.70. The highest BCUT2D eigenvalue weighted by Gasteiger charge is 2.32. The molecule has 0 unspecified atom stereocenters. The third-order valence-corrected chi connectivity index (χ3v) is 5.47. The van der Waals surface area contributed by atoms with E-state index >= 15 is 0 Å². The summed E-state index contributed by atoms with van der Waals surface area (Å²) < 4.78 is 0. The molecule has 150 valence electrons. The molecule has 0 heterocycles. The quantitative estimate of drug-likeness (QED) is 0.192. The summed E-state index contributed by atoms with van der Waals surface area (Å²) >= 11 is 0. The SMILES string of the molecule is CCCCCCCCCCCCCCCCCCC(=O)C[P+](O)(O)O. The van der Waals surface area contributed by atoms with Crippen LogP contribution in [0.2, 0.25) is 0 Å². The molecule has 4 nitrogen and oxygen atoms in total. The second kappa shape index (κ2) is 17.4. The van der Waals surface area contributed by atoms with Crippen molar-refractivity contribution in [2.75, 3.05) is 6.16 Å². The van der Waals surface area contributed by atoms with E-state index in [2.05, 4.69) is 6.92 Å². The van der Waals surface area contributed by atoms with Gasteiger partial charge in [-0.25, -0.2) is 0 Å². The highest BCUT2D eigenvalue weighted by Crippen LogP contribution is 2.44. The highest BCUT2D eigenvalue weighted by molar-refractivity contribution is 7.59. The number of rotatable bonds is 19. The molecule has 0 atom stereocenters. The largest absolute Gasteiger partial charge is 0.411 e. The molecular formula is C20H42O4P+. The molecule has 25 heavy (non-hydrogen) atoms. The number of carbonyl (C=O) groups is 1. The Morgan fingerprint density at radius 1 is 0.600 bits per heavy atom. The van der Waals surface area contributed by atoms with Gasteiger partial charge in [-0.05, 0) is 6.42 Å². The highest BCUT2D eigenvalue weighted by atomic mass is 31.2. The summed E-state index contributed by atoms with van der Waals surface area (Å²) in [6.07, 6.45) is 20.5. The number of carbonyl (C=O) groups excluding carboxylic acids is 1. The summed E-state index contributed by atoms with van der Waals surface area (Å²) in [6, 6.07) is 0. The van der Waals surface area contributed by atoms with Crippen LogP contribution < -0.4 is 0 Å². The van der Waals surface area contributed by atoms with Crippen molar-refractivity contribution in [3.63, 3.8) is 0 Å². The van der Waals surface area contributed by atoms with Crippen LogP contribution in [0.3, 0.4) is 0 Å². The molecule has 0 aromatic rings. The van der Waals surface area contributed by atoms with Crippen LogP contribution in [0, 0.1) is 0 Å². The molecule has 0 aliphatic rings. The molecule has 0 saturated carbocycles. The van der Waals surface area contributed by atoms with Crippen molar-refractivity contribution in [2.24, 2.45) is 0 Å². The van der Waals surface area contributed by atoms with Crippen molar-refractivity contribution in [1.29, 1.82) is 0 Å². The van der Waals surface area contributed by atoms with Crippen molar-refractivity contribution in [3.05, 3.63) is 0 Å². The molecule has 0 saturated heterocycles. The topological polar surface area (TPSA) is 77.8 Å². The van der Waals surface area contributed by atoms with Gasteiger partial charge in [0.15, 0.2) is 11.9 Å². The molecule has 0 rings (SSSR count). The Bertz CT molecular complexity index is 303. The number of ketones is 1. The van der Waals surface area contributed by atoms with Crippen molar-refractivity contribution in [2.45, 2.75) is 116 Å². The fourth-order valence-electron chi connectivity index (χ4n) is 3.19.